The summed E-state index contributed by atoms with van der Waals surface area (Å²) in [5, 5.41) is 2.98. The number of amides is 2. The first-order chi connectivity index (χ1) is 11.6. The van der Waals surface area contributed by atoms with Crippen molar-refractivity contribution in [1.29, 1.82) is 0 Å². The average Bonchev–Trinajstić information content (AvgIpc) is 2.58. The van der Waals surface area contributed by atoms with Gasteiger partial charge < -0.3 is 15.1 Å². The predicted molar refractivity (Wildman–Crippen MR) is 96.2 cm³/mol. The Morgan fingerprint density at radius 3 is 2.58 bits per heavy atom. The summed E-state index contributed by atoms with van der Waals surface area (Å²) in [6, 6.07) is 7.67. The maximum absolute atomic E-state index is 12.4. The van der Waals surface area contributed by atoms with E-state index in [4.69, 9.17) is 0 Å². The molecule has 0 fully saturated rings. The van der Waals surface area contributed by atoms with E-state index in [2.05, 4.69) is 24.1 Å². The molecule has 0 spiro atoms. The van der Waals surface area contributed by atoms with Crippen LogP contribution in [0.15, 0.2) is 30.5 Å². The van der Waals surface area contributed by atoms with Crippen LogP contribution in [0.25, 0.3) is 6.08 Å². The van der Waals surface area contributed by atoms with Crippen LogP contribution in [0.1, 0.15) is 44.4 Å². The minimum Gasteiger partial charge on any atom is -0.355 e. The predicted octanol–water partition coefficient (Wildman–Crippen LogP) is 2.41. The zero-order valence-corrected chi connectivity index (χ0v) is 14.8. The van der Waals surface area contributed by atoms with E-state index in [9.17, 15) is 9.59 Å². The summed E-state index contributed by atoms with van der Waals surface area (Å²) in [4.78, 5) is 28.2. The van der Waals surface area contributed by atoms with Crippen LogP contribution >= 0.6 is 0 Å². The number of benzene rings is 1. The van der Waals surface area contributed by atoms with E-state index in [1.807, 2.05) is 30.3 Å². The van der Waals surface area contributed by atoms with E-state index in [0.29, 0.717) is 6.54 Å². The van der Waals surface area contributed by atoms with E-state index in [0.717, 1.165) is 30.8 Å². The van der Waals surface area contributed by atoms with E-state index < -0.39 is 0 Å². The Bertz CT molecular complexity index is 608. The lowest BCUT2D eigenvalue weighted by molar-refractivity contribution is -0.129. The van der Waals surface area contributed by atoms with Crippen LogP contribution in [-0.2, 0) is 9.59 Å². The first-order valence-corrected chi connectivity index (χ1v) is 8.61. The Labute approximate surface area is 144 Å². The highest BCUT2D eigenvalue weighted by atomic mass is 16.2. The van der Waals surface area contributed by atoms with Gasteiger partial charge in [-0.2, -0.15) is 0 Å². The molecule has 5 nitrogen and oxygen atoms in total. The Balaban J connectivity index is 2.01. The Morgan fingerprint density at radius 1 is 1.21 bits per heavy atom. The second-order valence-corrected chi connectivity index (χ2v) is 5.97. The van der Waals surface area contributed by atoms with Gasteiger partial charge in [-0.25, -0.2) is 0 Å². The minimum atomic E-state index is -0.239. The van der Waals surface area contributed by atoms with Gasteiger partial charge in [-0.3, -0.25) is 9.59 Å². The molecule has 0 radical (unpaired) electrons. The quantitative estimate of drug-likeness (QED) is 0.836. The highest BCUT2D eigenvalue weighted by Crippen LogP contribution is 2.32. The summed E-state index contributed by atoms with van der Waals surface area (Å²) in [6.07, 6.45) is 3.98. The zero-order chi connectivity index (χ0) is 17.5. The fourth-order valence-corrected chi connectivity index (χ4v) is 3.05. The van der Waals surface area contributed by atoms with Crippen molar-refractivity contribution in [3.05, 3.63) is 41.6 Å². The molecule has 5 heteroatoms. The van der Waals surface area contributed by atoms with Gasteiger partial charge >= 0.3 is 0 Å². The average molecular weight is 329 g/mol. The van der Waals surface area contributed by atoms with Gasteiger partial charge in [0.05, 0.1) is 12.5 Å². The van der Waals surface area contributed by atoms with Gasteiger partial charge in [0.15, 0.2) is 0 Å². The summed E-state index contributed by atoms with van der Waals surface area (Å²) in [7, 11) is 0. The molecule has 130 valence electrons. The maximum atomic E-state index is 12.4. The molecule has 1 heterocycles. The summed E-state index contributed by atoms with van der Waals surface area (Å²) in [5.41, 5.74) is 2.09. The smallest absolute Gasteiger partial charge is 0.223 e. The van der Waals surface area contributed by atoms with Crippen LogP contribution in [0.3, 0.4) is 0 Å². The van der Waals surface area contributed by atoms with Gasteiger partial charge in [0.1, 0.15) is 0 Å². The molecule has 0 saturated heterocycles. The third-order valence-electron chi connectivity index (χ3n) is 4.49. The lowest BCUT2D eigenvalue weighted by atomic mass is 9.93. The monoisotopic (exact) mass is 329 g/mol. The van der Waals surface area contributed by atoms with Crippen molar-refractivity contribution >= 4 is 17.9 Å². The standard InChI is InChI=1S/C19H27N3O2/c1-4-21(5-2)13-11-20-19(24)14-18-17-9-7-6-8-16(17)10-12-22(18)15(3)23/h6-10,12,18H,4-5,11,13-14H2,1-3H3,(H,20,24). The van der Waals surface area contributed by atoms with Crippen LogP contribution in [-0.4, -0.2) is 47.8 Å². The highest BCUT2D eigenvalue weighted by molar-refractivity contribution is 5.81. The molecule has 2 amide bonds. The molecule has 0 bridgehead atoms. The Kier molecular flexibility index (Phi) is 6.55. The molecular weight excluding hydrogens is 302 g/mol. The molecule has 24 heavy (non-hydrogen) atoms. The fourth-order valence-electron chi connectivity index (χ4n) is 3.05. The normalized spacial score (nSPS) is 16.2. The molecule has 1 aliphatic rings. The van der Waals surface area contributed by atoms with Gasteiger partial charge in [-0.15, -0.1) is 0 Å². The minimum absolute atomic E-state index is 0.0245. The molecule has 0 aliphatic carbocycles. The van der Waals surface area contributed by atoms with E-state index in [-0.39, 0.29) is 24.3 Å². The number of likely N-dealkylation sites (N-methyl/N-ethyl adjacent to an activating group) is 1. The number of nitrogens with one attached hydrogen (secondary N) is 1. The van der Waals surface area contributed by atoms with Crippen molar-refractivity contribution in [3.8, 4) is 0 Å². The molecule has 1 atom stereocenters. The van der Waals surface area contributed by atoms with E-state index in [1.54, 1.807) is 11.1 Å². The van der Waals surface area contributed by atoms with Crippen LogP contribution in [0.2, 0.25) is 0 Å². The summed E-state index contributed by atoms with van der Waals surface area (Å²) >= 11 is 0. The van der Waals surface area contributed by atoms with Crippen molar-refractivity contribution in [2.75, 3.05) is 26.2 Å². The van der Waals surface area contributed by atoms with Crippen LogP contribution in [0.4, 0.5) is 0 Å². The van der Waals surface area contributed by atoms with Gasteiger partial charge in [0.25, 0.3) is 0 Å². The number of nitrogens with zero attached hydrogens (tertiary/aromatic N) is 2. The Hall–Kier alpha value is -2.14. The number of fused-ring (bicyclic) bond motifs is 1. The van der Waals surface area contributed by atoms with Gasteiger partial charge in [0, 0.05) is 26.2 Å². The van der Waals surface area contributed by atoms with Crippen LogP contribution in [0, 0.1) is 0 Å². The van der Waals surface area contributed by atoms with Crippen molar-refractivity contribution in [1.82, 2.24) is 15.1 Å². The van der Waals surface area contributed by atoms with E-state index >= 15 is 0 Å². The summed E-state index contributed by atoms with van der Waals surface area (Å²) < 4.78 is 0. The molecule has 0 saturated carbocycles. The number of rotatable bonds is 7. The van der Waals surface area contributed by atoms with Crippen molar-refractivity contribution in [3.63, 3.8) is 0 Å². The van der Waals surface area contributed by atoms with Crippen molar-refractivity contribution in [2.45, 2.75) is 33.2 Å². The highest BCUT2D eigenvalue weighted by Gasteiger charge is 2.27. The van der Waals surface area contributed by atoms with E-state index in [1.165, 1.54) is 6.92 Å². The van der Waals surface area contributed by atoms with Crippen LogP contribution in [0.5, 0.6) is 0 Å². The third-order valence-corrected chi connectivity index (χ3v) is 4.49. The molecule has 0 aromatic heterocycles. The maximum Gasteiger partial charge on any atom is 0.223 e. The van der Waals surface area contributed by atoms with Crippen molar-refractivity contribution in [2.24, 2.45) is 0 Å². The largest absolute Gasteiger partial charge is 0.355 e. The first kappa shape index (κ1) is 18.2. The third kappa shape index (κ3) is 4.45. The van der Waals surface area contributed by atoms with Crippen LogP contribution < -0.4 is 5.32 Å². The molecular formula is C19H27N3O2. The summed E-state index contributed by atoms with van der Waals surface area (Å²) in [5.74, 6) is -0.0785. The topological polar surface area (TPSA) is 52.7 Å². The first-order valence-electron chi connectivity index (χ1n) is 8.61. The number of hydrogen-bond donors (Lipinski definition) is 1. The SMILES string of the molecule is CCN(CC)CCNC(=O)CC1c2ccccc2C=CN1C(C)=O. The molecule has 1 aromatic carbocycles. The van der Waals surface area contributed by atoms with Crippen molar-refractivity contribution < 1.29 is 9.59 Å². The van der Waals surface area contributed by atoms with Gasteiger partial charge in [-0.05, 0) is 30.3 Å². The summed E-state index contributed by atoms with van der Waals surface area (Å²) in [6.45, 7) is 9.18. The fraction of sp³-hybridized carbons (Fsp3) is 0.474. The number of hydrogen-bond acceptors (Lipinski definition) is 3. The molecule has 1 unspecified atom stereocenters. The number of carbonyl (C=O) groups excluding carboxylic acids is 2. The molecule has 1 aliphatic heterocycles. The lowest BCUT2D eigenvalue weighted by Crippen LogP contribution is -2.38. The molecule has 1 aromatic rings. The Morgan fingerprint density at radius 2 is 1.92 bits per heavy atom. The molecule has 2 rings (SSSR count). The van der Waals surface area contributed by atoms with Gasteiger partial charge in [-0.1, -0.05) is 38.1 Å². The second-order valence-electron chi connectivity index (χ2n) is 5.97. The lowest BCUT2D eigenvalue weighted by Gasteiger charge is -2.32. The molecule has 1 N–H and O–H groups in total. The second kappa shape index (κ2) is 8.64. The van der Waals surface area contributed by atoms with Gasteiger partial charge in [0.2, 0.25) is 11.8 Å². The number of carbonyl (C=O) groups is 2. The zero-order valence-electron chi connectivity index (χ0n) is 14.8.